The van der Waals surface area contributed by atoms with E-state index in [1.165, 1.54) is 0 Å². The van der Waals surface area contributed by atoms with E-state index in [-0.39, 0.29) is 12.1 Å². The molecule has 0 aliphatic carbocycles. The number of carbonyl (C=O) groups is 1. The molecule has 2 aromatic rings. The normalized spacial score (nSPS) is 18.0. The van der Waals surface area contributed by atoms with Crippen molar-refractivity contribution in [3.05, 3.63) is 47.9 Å². The van der Waals surface area contributed by atoms with E-state index < -0.39 is 0 Å². The van der Waals surface area contributed by atoms with Crippen LogP contribution in [0, 0.1) is 6.92 Å². The molecule has 1 aliphatic heterocycles. The van der Waals surface area contributed by atoms with Gasteiger partial charge in [0, 0.05) is 11.4 Å². The number of aryl methyl sites for hydroxylation is 1. The number of furan rings is 1. The molecule has 2 heterocycles. The van der Waals surface area contributed by atoms with Crippen LogP contribution in [0.1, 0.15) is 17.6 Å². The Hall–Kier alpha value is -1.92. The number of nitrogens with zero attached hydrogens (tertiary/aromatic N) is 1. The second-order valence-corrected chi connectivity index (χ2v) is 6.21. The number of urea groups is 1. The van der Waals surface area contributed by atoms with E-state index in [0.29, 0.717) is 19.8 Å². The first-order chi connectivity index (χ1) is 11.2. The van der Waals surface area contributed by atoms with Crippen molar-refractivity contribution in [1.29, 1.82) is 0 Å². The third kappa shape index (κ3) is 3.54. The second-order valence-electron chi connectivity index (χ2n) is 5.36. The van der Waals surface area contributed by atoms with E-state index in [0.717, 1.165) is 22.1 Å². The zero-order valence-corrected chi connectivity index (χ0v) is 14.1. The molecule has 0 spiro atoms. The van der Waals surface area contributed by atoms with Gasteiger partial charge in [0.25, 0.3) is 0 Å². The molecule has 0 radical (unpaired) electrons. The van der Waals surface area contributed by atoms with E-state index in [1.807, 2.05) is 49.6 Å². The predicted octanol–water partition coefficient (Wildman–Crippen LogP) is 3.92. The number of morpholine rings is 1. The summed E-state index contributed by atoms with van der Waals surface area (Å²) in [7, 11) is 0. The van der Waals surface area contributed by atoms with Gasteiger partial charge in [0.1, 0.15) is 17.6 Å². The van der Waals surface area contributed by atoms with Crippen LogP contribution in [0.3, 0.4) is 0 Å². The van der Waals surface area contributed by atoms with Crippen LogP contribution in [0.15, 0.2) is 45.7 Å². The molecule has 3 rings (SSSR count). The van der Waals surface area contributed by atoms with Crippen LogP contribution in [0.4, 0.5) is 10.5 Å². The monoisotopic (exact) mass is 332 g/mol. The van der Waals surface area contributed by atoms with Crippen molar-refractivity contribution in [2.75, 3.05) is 31.3 Å². The number of rotatable bonds is 3. The molecule has 2 amide bonds. The van der Waals surface area contributed by atoms with E-state index in [9.17, 15) is 4.79 Å². The van der Waals surface area contributed by atoms with Crippen molar-refractivity contribution < 1.29 is 13.9 Å². The first kappa shape index (κ1) is 16.0. The molecule has 1 saturated heterocycles. The molecule has 1 aliphatic rings. The van der Waals surface area contributed by atoms with Crippen LogP contribution in [-0.4, -0.2) is 36.9 Å². The number of thioether (sulfide) groups is 1. The Kier molecular flexibility index (Phi) is 4.93. The van der Waals surface area contributed by atoms with Crippen LogP contribution in [-0.2, 0) is 4.74 Å². The lowest BCUT2D eigenvalue weighted by molar-refractivity contribution is 0.00709. The van der Waals surface area contributed by atoms with Gasteiger partial charge < -0.3 is 19.4 Å². The number of amides is 2. The minimum Gasteiger partial charge on any atom is -0.464 e. The highest BCUT2D eigenvalue weighted by Crippen LogP contribution is 2.29. The van der Waals surface area contributed by atoms with Crippen LogP contribution >= 0.6 is 11.8 Å². The molecule has 6 heteroatoms. The van der Waals surface area contributed by atoms with Gasteiger partial charge in [-0.15, -0.1) is 11.8 Å². The lowest BCUT2D eigenvalue weighted by atomic mass is 10.2. The topological polar surface area (TPSA) is 54.7 Å². The van der Waals surface area contributed by atoms with Gasteiger partial charge in [-0.25, -0.2) is 4.79 Å². The largest absolute Gasteiger partial charge is 0.464 e. The fourth-order valence-corrected chi connectivity index (χ4v) is 3.20. The maximum absolute atomic E-state index is 12.7. The number of hydrogen-bond acceptors (Lipinski definition) is 4. The average molecular weight is 332 g/mol. The van der Waals surface area contributed by atoms with Crippen LogP contribution in [0.5, 0.6) is 0 Å². The SMILES string of the molecule is CSc1ccccc1NC(=O)N1CCOCC1c1ccc(C)o1. The number of para-hydroxylation sites is 1. The minimum atomic E-state index is -0.195. The average Bonchev–Trinajstić information content (AvgIpc) is 3.01. The molecule has 1 fully saturated rings. The molecule has 1 unspecified atom stereocenters. The quantitative estimate of drug-likeness (QED) is 0.866. The number of anilines is 1. The summed E-state index contributed by atoms with van der Waals surface area (Å²) in [5.74, 6) is 1.59. The van der Waals surface area contributed by atoms with Gasteiger partial charge in [-0.2, -0.15) is 0 Å². The molecule has 1 aromatic carbocycles. The molecule has 122 valence electrons. The highest BCUT2D eigenvalue weighted by Gasteiger charge is 2.31. The van der Waals surface area contributed by atoms with E-state index in [4.69, 9.17) is 9.15 Å². The summed E-state index contributed by atoms with van der Waals surface area (Å²) in [5, 5.41) is 3.01. The summed E-state index contributed by atoms with van der Waals surface area (Å²) in [6, 6.07) is 11.3. The Bertz CT molecular complexity index is 686. The maximum Gasteiger partial charge on any atom is 0.322 e. The number of hydrogen-bond donors (Lipinski definition) is 1. The summed E-state index contributed by atoms with van der Waals surface area (Å²) in [6.07, 6.45) is 1.99. The number of benzene rings is 1. The molecular formula is C17H20N2O3S. The third-order valence-electron chi connectivity index (χ3n) is 3.83. The standard InChI is InChI=1S/C17H20N2O3S/c1-12-7-8-15(22-12)14-11-21-10-9-19(14)17(20)18-13-5-3-4-6-16(13)23-2/h3-8,14H,9-11H2,1-2H3,(H,18,20). The lowest BCUT2D eigenvalue weighted by Gasteiger charge is -2.34. The smallest absolute Gasteiger partial charge is 0.322 e. The maximum atomic E-state index is 12.7. The van der Waals surface area contributed by atoms with Crippen molar-refractivity contribution >= 4 is 23.5 Å². The summed E-state index contributed by atoms with van der Waals surface area (Å²) in [6.45, 7) is 3.42. The lowest BCUT2D eigenvalue weighted by Crippen LogP contribution is -2.45. The Labute approximate surface area is 140 Å². The molecular weight excluding hydrogens is 312 g/mol. The van der Waals surface area contributed by atoms with Crippen LogP contribution in [0.2, 0.25) is 0 Å². The Morgan fingerprint density at radius 3 is 2.87 bits per heavy atom. The van der Waals surface area contributed by atoms with Crippen LogP contribution < -0.4 is 5.32 Å². The molecule has 1 N–H and O–H groups in total. The highest BCUT2D eigenvalue weighted by molar-refractivity contribution is 7.98. The minimum absolute atomic E-state index is 0.131. The summed E-state index contributed by atoms with van der Waals surface area (Å²) < 4.78 is 11.2. The molecule has 23 heavy (non-hydrogen) atoms. The first-order valence-corrected chi connectivity index (χ1v) is 8.76. The fraction of sp³-hybridized carbons (Fsp3) is 0.353. The second kappa shape index (κ2) is 7.10. The Morgan fingerprint density at radius 1 is 1.30 bits per heavy atom. The van der Waals surface area contributed by atoms with E-state index in [2.05, 4.69) is 5.32 Å². The number of carbonyl (C=O) groups excluding carboxylic acids is 1. The van der Waals surface area contributed by atoms with E-state index >= 15 is 0 Å². The molecule has 5 nitrogen and oxygen atoms in total. The molecule has 1 aromatic heterocycles. The number of nitrogens with one attached hydrogen (secondary N) is 1. The fourth-order valence-electron chi connectivity index (χ4n) is 2.65. The first-order valence-electron chi connectivity index (χ1n) is 7.54. The third-order valence-corrected chi connectivity index (χ3v) is 4.62. The van der Waals surface area contributed by atoms with Gasteiger partial charge in [0.15, 0.2) is 0 Å². The van der Waals surface area contributed by atoms with Gasteiger partial charge in [0.05, 0.1) is 18.9 Å². The van der Waals surface area contributed by atoms with E-state index in [1.54, 1.807) is 16.7 Å². The van der Waals surface area contributed by atoms with Crippen molar-refractivity contribution in [2.45, 2.75) is 17.9 Å². The highest BCUT2D eigenvalue weighted by atomic mass is 32.2. The summed E-state index contributed by atoms with van der Waals surface area (Å²) in [4.78, 5) is 15.6. The van der Waals surface area contributed by atoms with Crippen LogP contribution in [0.25, 0.3) is 0 Å². The summed E-state index contributed by atoms with van der Waals surface area (Å²) >= 11 is 1.61. The zero-order valence-electron chi connectivity index (χ0n) is 13.2. The Balaban J connectivity index is 1.79. The van der Waals surface area contributed by atoms with Gasteiger partial charge in [-0.3, -0.25) is 0 Å². The van der Waals surface area contributed by atoms with Gasteiger partial charge in [0.2, 0.25) is 0 Å². The summed E-state index contributed by atoms with van der Waals surface area (Å²) in [5.41, 5.74) is 0.825. The Morgan fingerprint density at radius 2 is 2.13 bits per heavy atom. The van der Waals surface area contributed by atoms with Crippen molar-refractivity contribution in [3.8, 4) is 0 Å². The predicted molar refractivity (Wildman–Crippen MR) is 91.0 cm³/mol. The van der Waals surface area contributed by atoms with Crippen molar-refractivity contribution in [3.63, 3.8) is 0 Å². The molecule has 0 saturated carbocycles. The van der Waals surface area contributed by atoms with Crippen molar-refractivity contribution in [1.82, 2.24) is 4.90 Å². The van der Waals surface area contributed by atoms with Gasteiger partial charge in [-0.05, 0) is 37.4 Å². The molecule has 0 bridgehead atoms. The van der Waals surface area contributed by atoms with Crippen molar-refractivity contribution in [2.24, 2.45) is 0 Å². The zero-order chi connectivity index (χ0) is 16.2. The van der Waals surface area contributed by atoms with Gasteiger partial charge in [-0.1, -0.05) is 12.1 Å². The number of ether oxygens (including phenoxy) is 1. The molecule has 1 atom stereocenters. The van der Waals surface area contributed by atoms with Gasteiger partial charge >= 0.3 is 6.03 Å².